The fraction of sp³-hybridized carbons (Fsp3) is 0.562. The molecule has 3 heteroatoms. The molecule has 1 aromatic carbocycles. The fourth-order valence-electron chi connectivity index (χ4n) is 2.94. The minimum Gasteiger partial charge on any atom is -0.367 e. The van der Waals surface area contributed by atoms with Gasteiger partial charge in [0.25, 0.3) is 0 Å². The van der Waals surface area contributed by atoms with Crippen LogP contribution in [0.5, 0.6) is 0 Å². The lowest BCUT2D eigenvalue weighted by Crippen LogP contribution is -2.40. The van der Waals surface area contributed by atoms with Crippen molar-refractivity contribution in [1.29, 1.82) is 0 Å². The molecule has 0 amide bonds. The highest BCUT2D eigenvalue weighted by Gasteiger charge is 2.23. The zero-order chi connectivity index (χ0) is 13.8. The van der Waals surface area contributed by atoms with Gasteiger partial charge in [0.05, 0.1) is 0 Å². The predicted octanol–water partition coefficient (Wildman–Crippen LogP) is 2.73. The summed E-state index contributed by atoms with van der Waals surface area (Å²) in [6, 6.07) is 6.69. The largest absolute Gasteiger partial charge is 0.367 e. The molecule has 0 aliphatic carbocycles. The second kappa shape index (κ2) is 6.20. The van der Waals surface area contributed by atoms with Gasteiger partial charge in [0.1, 0.15) is 0 Å². The van der Waals surface area contributed by atoms with E-state index in [1.165, 1.54) is 0 Å². The molecule has 1 atom stereocenters. The third kappa shape index (κ3) is 3.16. The van der Waals surface area contributed by atoms with Gasteiger partial charge in [0, 0.05) is 30.4 Å². The molecule has 1 aliphatic rings. The van der Waals surface area contributed by atoms with Gasteiger partial charge in [0.2, 0.25) is 0 Å². The number of carbonyl (C=O) groups is 1. The Kier molecular flexibility index (Phi) is 4.59. The molecule has 0 radical (unpaired) electrons. The number of rotatable bonds is 3. The van der Waals surface area contributed by atoms with E-state index >= 15 is 0 Å². The van der Waals surface area contributed by atoms with E-state index in [-0.39, 0.29) is 0 Å². The molecule has 0 bridgehead atoms. The highest BCUT2D eigenvalue weighted by molar-refractivity contribution is 5.85. The number of aldehydes is 1. The van der Waals surface area contributed by atoms with Crippen molar-refractivity contribution in [2.75, 3.05) is 31.6 Å². The molecule has 1 unspecified atom stereocenters. The number of likely N-dealkylation sites (N-methyl/N-ethyl adjacent to an activating group) is 1. The van der Waals surface area contributed by atoms with E-state index in [2.05, 4.69) is 35.9 Å². The lowest BCUT2D eigenvalue weighted by molar-refractivity contribution is 0.112. The first kappa shape index (κ1) is 14.1. The number of hydrogen-bond donors (Lipinski definition) is 0. The number of carbonyl (C=O) groups excluding carboxylic acids is 1. The molecular formula is C16H24N2O. The fourth-order valence-corrected chi connectivity index (χ4v) is 2.94. The molecule has 1 heterocycles. The lowest BCUT2D eigenvalue weighted by atomic mass is 10.1. The van der Waals surface area contributed by atoms with E-state index in [0.29, 0.717) is 6.04 Å². The van der Waals surface area contributed by atoms with Gasteiger partial charge in [-0.05, 0) is 45.5 Å². The smallest absolute Gasteiger partial charge is 0.152 e. The number of anilines is 1. The summed E-state index contributed by atoms with van der Waals surface area (Å²) in [5, 5.41) is 0. The highest BCUT2D eigenvalue weighted by Crippen LogP contribution is 2.25. The normalized spacial score (nSPS) is 21.2. The second-order valence-electron chi connectivity index (χ2n) is 5.55. The maximum absolute atomic E-state index is 11.3. The molecule has 104 valence electrons. The van der Waals surface area contributed by atoms with Gasteiger partial charge in [-0.3, -0.25) is 4.79 Å². The standard InChI is InChI=1S/C16H24N2O/c1-4-15-11-17(3)8-5-9-18(15)16-7-6-13(2)10-14(16)12-19/h6-7,10,12,15H,4-5,8-9,11H2,1-3H3. The first-order chi connectivity index (χ1) is 9.15. The van der Waals surface area contributed by atoms with Crippen LogP contribution >= 0.6 is 0 Å². The number of hydrogen-bond acceptors (Lipinski definition) is 3. The van der Waals surface area contributed by atoms with Crippen LogP contribution in [0.4, 0.5) is 5.69 Å². The van der Waals surface area contributed by atoms with Crippen LogP contribution in [0.25, 0.3) is 0 Å². The maximum atomic E-state index is 11.3. The van der Waals surface area contributed by atoms with Gasteiger partial charge in [-0.1, -0.05) is 18.6 Å². The van der Waals surface area contributed by atoms with Crippen molar-refractivity contribution in [1.82, 2.24) is 4.90 Å². The third-order valence-electron chi connectivity index (χ3n) is 3.99. The van der Waals surface area contributed by atoms with Gasteiger partial charge >= 0.3 is 0 Å². The van der Waals surface area contributed by atoms with Gasteiger partial charge in [-0.25, -0.2) is 0 Å². The summed E-state index contributed by atoms with van der Waals surface area (Å²) in [7, 11) is 2.18. The maximum Gasteiger partial charge on any atom is 0.152 e. The quantitative estimate of drug-likeness (QED) is 0.781. The summed E-state index contributed by atoms with van der Waals surface area (Å²) >= 11 is 0. The number of nitrogens with zero attached hydrogens (tertiary/aromatic N) is 2. The number of benzene rings is 1. The summed E-state index contributed by atoms with van der Waals surface area (Å²) in [6.45, 7) is 7.50. The molecule has 0 aromatic heterocycles. The van der Waals surface area contributed by atoms with Crippen LogP contribution in [0.2, 0.25) is 0 Å². The zero-order valence-electron chi connectivity index (χ0n) is 12.2. The molecule has 1 saturated heterocycles. The number of aryl methyl sites for hydroxylation is 1. The minimum absolute atomic E-state index is 0.494. The topological polar surface area (TPSA) is 23.6 Å². The molecular weight excluding hydrogens is 236 g/mol. The summed E-state index contributed by atoms with van der Waals surface area (Å²) < 4.78 is 0. The van der Waals surface area contributed by atoms with Crippen molar-refractivity contribution in [3.8, 4) is 0 Å². The minimum atomic E-state index is 0.494. The average Bonchev–Trinajstić information content (AvgIpc) is 2.60. The molecule has 0 N–H and O–H groups in total. The Bertz CT molecular complexity index is 444. The van der Waals surface area contributed by atoms with Crippen molar-refractivity contribution < 1.29 is 4.79 Å². The van der Waals surface area contributed by atoms with E-state index < -0.39 is 0 Å². The molecule has 1 aromatic rings. The molecule has 3 nitrogen and oxygen atoms in total. The van der Waals surface area contributed by atoms with E-state index in [1.54, 1.807) is 0 Å². The molecule has 0 spiro atoms. The SMILES string of the molecule is CCC1CN(C)CCCN1c1ccc(C)cc1C=O. The summed E-state index contributed by atoms with van der Waals surface area (Å²) in [5.41, 5.74) is 3.07. The van der Waals surface area contributed by atoms with E-state index in [4.69, 9.17) is 0 Å². The van der Waals surface area contributed by atoms with E-state index in [1.807, 2.05) is 13.0 Å². The van der Waals surface area contributed by atoms with Gasteiger partial charge < -0.3 is 9.80 Å². The van der Waals surface area contributed by atoms with Gasteiger partial charge in [-0.15, -0.1) is 0 Å². The van der Waals surface area contributed by atoms with E-state index in [9.17, 15) is 4.79 Å². The van der Waals surface area contributed by atoms with Crippen molar-refractivity contribution in [2.45, 2.75) is 32.7 Å². The van der Waals surface area contributed by atoms with Crippen LogP contribution in [0.15, 0.2) is 18.2 Å². The van der Waals surface area contributed by atoms with Crippen LogP contribution in [0.3, 0.4) is 0 Å². The molecule has 1 fully saturated rings. The lowest BCUT2D eigenvalue weighted by Gasteiger charge is -2.33. The summed E-state index contributed by atoms with van der Waals surface area (Å²) in [4.78, 5) is 16.1. The molecule has 19 heavy (non-hydrogen) atoms. The monoisotopic (exact) mass is 260 g/mol. The Morgan fingerprint density at radius 2 is 2.16 bits per heavy atom. The van der Waals surface area contributed by atoms with Crippen LogP contribution < -0.4 is 4.90 Å². The van der Waals surface area contributed by atoms with Crippen LogP contribution in [-0.2, 0) is 0 Å². The first-order valence-corrected chi connectivity index (χ1v) is 7.16. The van der Waals surface area contributed by atoms with Crippen molar-refractivity contribution in [3.63, 3.8) is 0 Å². The Morgan fingerprint density at radius 3 is 2.84 bits per heavy atom. The summed E-state index contributed by atoms with van der Waals surface area (Å²) in [6.07, 6.45) is 3.25. The average molecular weight is 260 g/mol. The van der Waals surface area contributed by atoms with Crippen LogP contribution in [0, 0.1) is 6.92 Å². The van der Waals surface area contributed by atoms with Gasteiger partial charge in [-0.2, -0.15) is 0 Å². The zero-order valence-corrected chi connectivity index (χ0v) is 12.2. The van der Waals surface area contributed by atoms with Crippen LogP contribution in [0.1, 0.15) is 35.7 Å². The molecule has 0 saturated carbocycles. The summed E-state index contributed by atoms with van der Waals surface area (Å²) in [5.74, 6) is 0. The first-order valence-electron chi connectivity index (χ1n) is 7.16. The Labute approximate surface area is 116 Å². The van der Waals surface area contributed by atoms with Crippen molar-refractivity contribution in [2.24, 2.45) is 0 Å². The Hall–Kier alpha value is -1.35. The van der Waals surface area contributed by atoms with E-state index in [0.717, 1.165) is 55.6 Å². The van der Waals surface area contributed by atoms with Gasteiger partial charge in [0.15, 0.2) is 6.29 Å². The predicted molar refractivity (Wildman–Crippen MR) is 80.1 cm³/mol. The third-order valence-corrected chi connectivity index (χ3v) is 3.99. The second-order valence-corrected chi connectivity index (χ2v) is 5.55. The molecule has 2 rings (SSSR count). The Morgan fingerprint density at radius 1 is 1.37 bits per heavy atom. The van der Waals surface area contributed by atoms with Crippen LogP contribution in [-0.4, -0.2) is 43.9 Å². The molecule has 1 aliphatic heterocycles. The van der Waals surface area contributed by atoms with Crippen molar-refractivity contribution >= 4 is 12.0 Å². The highest BCUT2D eigenvalue weighted by atomic mass is 16.1. The Balaban J connectivity index is 2.34. The van der Waals surface area contributed by atoms with Crippen molar-refractivity contribution in [3.05, 3.63) is 29.3 Å².